The van der Waals surface area contributed by atoms with E-state index < -0.39 is 0 Å². The number of aromatic nitrogens is 2. The van der Waals surface area contributed by atoms with Crippen LogP contribution in [-0.2, 0) is 6.42 Å². The van der Waals surface area contributed by atoms with Crippen molar-refractivity contribution in [3.05, 3.63) is 28.5 Å². The summed E-state index contributed by atoms with van der Waals surface area (Å²) in [7, 11) is 0. The third-order valence-corrected chi connectivity index (χ3v) is 4.35. The Labute approximate surface area is 132 Å². The smallest absolute Gasteiger partial charge is 0.351 e. The summed E-state index contributed by atoms with van der Waals surface area (Å²) in [5.74, 6) is 0.945. The van der Waals surface area contributed by atoms with Crippen molar-refractivity contribution in [2.24, 2.45) is 0 Å². The van der Waals surface area contributed by atoms with Crippen molar-refractivity contribution in [3.8, 4) is 0 Å². The quantitative estimate of drug-likeness (QED) is 0.621. The molecule has 4 heteroatoms. The average molecular weight is 304 g/mol. The molecule has 0 unspecified atom stereocenters. The lowest BCUT2D eigenvalue weighted by molar-refractivity contribution is 0.449. The summed E-state index contributed by atoms with van der Waals surface area (Å²) >= 11 is 0. The van der Waals surface area contributed by atoms with Crippen molar-refractivity contribution < 1.29 is 4.42 Å². The first-order valence-corrected chi connectivity index (χ1v) is 8.71. The zero-order valence-corrected chi connectivity index (χ0v) is 14.1. The lowest BCUT2D eigenvalue weighted by Gasteiger charge is -2.14. The van der Waals surface area contributed by atoms with Crippen LogP contribution in [0.2, 0.25) is 0 Å². The first-order valence-electron chi connectivity index (χ1n) is 8.71. The Morgan fingerprint density at radius 2 is 1.86 bits per heavy atom. The highest BCUT2D eigenvalue weighted by atomic mass is 16.3. The molecule has 0 aromatic carbocycles. The molecule has 0 aliphatic heterocycles. The fourth-order valence-corrected chi connectivity index (χ4v) is 2.95. The van der Waals surface area contributed by atoms with Gasteiger partial charge in [-0.25, -0.2) is 4.79 Å². The van der Waals surface area contributed by atoms with Crippen LogP contribution in [0.3, 0.4) is 0 Å². The van der Waals surface area contributed by atoms with Crippen molar-refractivity contribution in [2.45, 2.75) is 78.2 Å². The lowest BCUT2D eigenvalue weighted by Crippen LogP contribution is -2.25. The molecule has 4 nitrogen and oxygen atoms in total. The molecule has 2 aromatic rings. The molecule has 0 saturated carbocycles. The molecule has 0 aliphatic rings. The van der Waals surface area contributed by atoms with Gasteiger partial charge in [0.25, 0.3) is 0 Å². The zero-order valence-electron chi connectivity index (χ0n) is 14.1. The van der Waals surface area contributed by atoms with Gasteiger partial charge >= 0.3 is 5.69 Å². The van der Waals surface area contributed by atoms with Crippen LogP contribution in [0.25, 0.3) is 11.1 Å². The maximum absolute atomic E-state index is 12.1. The first-order chi connectivity index (χ1) is 10.7. The van der Waals surface area contributed by atoms with Gasteiger partial charge in [-0.05, 0) is 25.3 Å². The van der Waals surface area contributed by atoms with Gasteiger partial charge in [0.1, 0.15) is 5.76 Å². The minimum atomic E-state index is -0.204. The van der Waals surface area contributed by atoms with Crippen LogP contribution in [-0.4, -0.2) is 9.55 Å². The minimum Gasteiger partial charge on any atom is -0.443 e. The number of unbranched alkanes of at least 4 members (excludes halogenated alkanes) is 4. The Morgan fingerprint density at radius 1 is 1.14 bits per heavy atom. The van der Waals surface area contributed by atoms with Crippen LogP contribution in [0.4, 0.5) is 0 Å². The SMILES string of the molecule is CCCCCCCc1cc2cn(C(CC)CC)c(=O)nc2o1. The van der Waals surface area contributed by atoms with E-state index in [0.717, 1.165) is 36.8 Å². The monoisotopic (exact) mass is 304 g/mol. The summed E-state index contributed by atoms with van der Waals surface area (Å²) in [5.41, 5.74) is 0.279. The van der Waals surface area contributed by atoms with E-state index in [9.17, 15) is 4.79 Å². The highest BCUT2D eigenvalue weighted by Gasteiger charge is 2.13. The largest absolute Gasteiger partial charge is 0.443 e. The maximum Gasteiger partial charge on any atom is 0.351 e. The minimum absolute atomic E-state index is 0.204. The number of fused-ring (bicyclic) bond motifs is 1. The number of furan rings is 1. The van der Waals surface area contributed by atoms with Crippen LogP contribution in [0.1, 0.15) is 77.5 Å². The second kappa shape index (κ2) is 8.16. The van der Waals surface area contributed by atoms with Crippen LogP contribution in [0.5, 0.6) is 0 Å². The molecular formula is C18H28N2O2. The van der Waals surface area contributed by atoms with Crippen molar-refractivity contribution in [1.29, 1.82) is 0 Å². The molecule has 22 heavy (non-hydrogen) atoms. The van der Waals surface area contributed by atoms with E-state index in [2.05, 4.69) is 25.8 Å². The summed E-state index contributed by atoms with van der Waals surface area (Å²) in [6.07, 6.45) is 10.9. The van der Waals surface area contributed by atoms with Crippen LogP contribution in [0, 0.1) is 0 Å². The number of aryl methyl sites for hydroxylation is 1. The van der Waals surface area contributed by atoms with E-state index in [-0.39, 0.29) is 11.7 Å². The van der Waals surface area contributed by atoms with E-state index in [4.69, 9.17) is 4.42 Å². The topological polar surface area (TPSA) is 48.0 Å². The summed E-state index contributed by atoms with van der Waals surface area (Å²) in [6.45, 7) is 6.42. The molecule has 0 fully saturated rings. The summed E-state index contributed by atoms with van der Waals surface area (Å²) in [4.78, 5) is 16.2. The molecule has 0 N–H and O–H groups in total. The maximum atomic E-state index is 12.1. The van der Waals surface area contributed by atoms with Crippen LogP contribution >= 0.6 is 0 Å². The molecule has 0 atom stereocenters. The third-order valence-electron chi connectivity index (χ3n) is 4.35. The second-order valence-corrected chi connectivity index (χ2v) is 6.04. The molecule has 0 bridgehead atoms. The Kier molecular flexibility index (Phi) is 6.22. The average Bonchev–Trinajstić information content (AvgIpc) is 2.90. The predicted octanol–water partition coefficient (Wildman–Crippen LogP) is 4.86. The van der Waals surface area contributed by atoms with E-state index in [0.29, 0.717) is 5.71 Å². The van der Waals surface area contributed by atoms with Crippen molar-refractivity contribution in [3.63, 3.8) is 0 Å². The number of hydrogen-bond acceptors (Lipinski definition) is 3. The highest BCUT2D eigenvalue weighted by Crippen LogP contribution is 2.20. The van der Waals surface area contributed by atoms with E-state index in [1.807, 2.05) is 12.3 Å². The van der Waals surface area contributed by atoms with E-state index in [1.54, 1.807) is 4.57 Å². The predicted molar refractivity (Wildman–Crippen MR) is 90.4 cm³/mol. The van der Waals surface area contributed by atoms with Gasteiger partial charge < -0.3 is 4.42 Å². The molecule has 0 spiro atoms. The summed E-state index contributed by atoms with van der Waals surface area (Å²) in [5, 5.41) is 0.940. The van der Waals surface area contributed by atoms with Gasteiger partial charge in [-0.15, -0.1) is 0 Å². The molecule has 2 aromatic heterocycles. The Hall–Kier alpha value is -1.58. The molecule has 0 radical (unpaired) electrons. The Morgan fingerprint density at radius 3 is 2.55 bits per heavy atom. The molecule has 2 rings (SSSR count). The summed E-state index contributed by atoms with van der Waals surface area (Å²) < 4.78 is 7.49. The third kappa shape index (κ3) is 3.99. The molecule has 0 aliphatic carbocycles. The van der Waals surface area contributed by atoms with Gasteiger partial charge in [0.05, 0.1) is 5.39 Å². The van der Waals surface area contributed by atoms with Gasteiger partial charge in [-0.3, -0.25) is 4.57 Å². The second-order valence-electron chi connectivity index (χ2n) is 6.04. The van der Waals surface area contributed by atoms with Gasteiger partial charge in [0.2, 0.25) is 5.71 Å². The highest BCUT2D eigenvalue weighted by molar-refractivity contribution is 5.72. The van der Waals surface area contributed by atoms with Crippen LogP contribution < -0.4 is 5.69 Å². The molecule has 2 heterocycles. The van der Waals surface area contributed by atoms with Crippen molar-refractivity contribution >= 4 is 11.1 Å². The first kappa shape index (κ1) is 16.8. The summed E-state index contributed by atoms with van der Waals surface area (Å²) in [6, 6.07) is 2.26. The molecule has 122 valence electrons. The molecule has 0 saturated heterocycles. The van der Waals surface area contributed by atoms with E-state index in [1.165, 1.54) is 25.7 Å². The lowest BCUT2D eigenvalue weighted by atomic mass is 10.1. The normalized spacial score (nSPS) is 11.6. The molecular weight excluding hydrogens is 276 g/mol. The standard InChI is InChI=1S/C18H28N2O2/c1-4-7-8-9-10-11-16-12-14-13-20(15(5-2)6-3)18(21)19-17(14)22-16/h12-13,15H,4-11H2,1-3H3. The number of hydrogen-bond donors (Lipinski definition) is 0. The fraction of sp³-hybridized carbons (Fsp3) is 0.667. The van der Waals surface area contributed by atoms with Gasteiger partial charge in [-0.1, -0.05) is 46.5 Å². The van der Waals surface area contributed by atoms with E-state index >= 15 is 0 Å². The Bertz CT molecular complexity index is 638. The number of nitrogens with zero attached hydrogens (tertiary/aromatic N) is 2. The van der Waals surface area contributed by atoms with Gasteiger partial charge in [-0.2, -0.15) is 4.98 Å². The van der Waals surface area contributed by atoms with Crippen molar-refractivity contribution in [2.75, 3.05) is 0 Å². The Balaban J connectivity index is 2.11. The van der Waals surface area contributed by atoms with Gasteiger partial charge in [0, 0.05) is 18.7 Å². The zero-order chi connectivity index (χ0) is 15.9. The van der Waals surface area contributed by atoms with Crippen molar-refractivity contribution in [1.82, 2.24) is 9.55 Å². The van der Waals surface area contributed by atoms with Gasteiger partial charge in [0.15, 0.2) is 0 Å². The molecule has 0 amide bonds. The fourth-order valence-electron chi connectivity index (χ4n) is 2.95. The number of rotatable bonds is 9. The van der Waals surface area contributed by atoms with Crippen LogP contribution in [0.15, 0.2) is 21.5 Å².